The minimum Gasteiger partial charge on any atom is -0.348 e. The Hall–Kier alpha value is -1.34. The lowest BCUT2D eigenvalue weighted by Gasteiger charge is -2.09. The third kappa shape index (κ3) is 3.07. The van der Waals surface area contributed by atoms with Gasteiger partial charge in [-0.05, 0) is 20.8 Å². The fourth-order valence-electron chi connectivity index (χ4n) is 1.26. The van der Waals surface area contributed by atoms with E-state index in [4.69, 9.17) is 6.42 Å². The van der Waals surface area contributed by atoms with Crippen LogP contribution in [0.25, 0.3) is 0 Å². The van der Waals surface area contributed by atoms with Crippen molar-refractivity contribution in [1.82, 2.24) is 10.3 Å². The third-order valence-corrected chi connectivity index (χ3v) is 2.98. The third-order valence-electron chi connectivity index (χ3n) is 1.91. The van der Waals surface area contributed by atoms with Crippen LogP contribution in [-0.4, -0.2) is 16.9 Å². The largest absolute Gasteiger partial charge is 0.348 e. The molecule has 0 radical (unpaired) electrons. The molecule has 0 aromatic carbocycles. The lowest BCUT2D eigenvalue weighted by Crippen LogP contribution is -2.32. The molecule has 1 unspecified atom stereocenters. The van der Waals surface area contributed by atoms with E-state index >= 15 is 0 Å². The standard InChI is InChI=1S/C11H14N2OS/c1-5-6-7(2)12-11(14)10-8(3)13-9(4)15-10/h1,7H,6H2,2-4H3,(H,12,14). The summed E-state index contributed by atoms with van der Waals surface area (Å²) < 4.78 is 0. The Kier molecular flexibility index (Phi) is 3.87. The quantitative estimate of drug-likeness (QED) is 0.794. The summed E-state index contributed by atoms with van der Waals surface area (Å²) in [6, 6.07) is 0.00399. The highest BCUT2D eigenvalue weighted by atomic mass is 32.1. The number of carbonyl (C=O) groups excluding carboxylic acids is 1. The normalized spacial score (nSPS) is 11.9. The van der Waals surface area contributed by atoms with E-state index in [-0.39, 0.29) is 11.9 Å². The van der Waals surface area contributed by atoms with Crippen LogP contribution in [0.1, 0.15) is 33.7 Å². The summed E-state index contributed by atoms with van der Waals surface area (Å²) in [6.45, 7) is 5.62. The predicted octanol–water partition coefficient (Wildman–Crippen LogP) is 1.90. The van der Waals surface area contributed by atoms with Gasteiger partial charge < -0.3 is 5.32 Å². The van der Waals surface area contributed by atoms with E-state index in [9.17, 15) is 4.79 Å². The monoisotopic (exact) mass is 222 g/mol. The Morgan fingerprint density at radius 3 is 2.80 bits per heavy atom. The van der Waals surface area contributed by atoms with Gasteiger partial charge in [0.1, 0.15) is 4.88 Å². The van der Waals surface area contributed by atoms with Crippen molar-refractivity contribution in [3.63, 3.8) is 0 Å². The molecule has 1 N–H and O–H groups in total. The first-order valence-electron chi connectivity index (χ1n) is 4.73. The highest BCUT2D eigenvalue weighted by molar-refractivity contribution is 7.13. The molecule has 0 saturated heterocycles. The van der Waals surface area contributed by atoms with Crippen LogP contribution in [-0.2, 0) is 0 Å². The molecule has 15 heavy (non-hydrogen) atoms. The van der Waals surface area contributed by atoms with Gasteiger partial charge in [-0.15, -0.1) is 23.7 Å². The second kappa shape index (κ2) is 4.94. The maximum Gasteiger partial charge on any atom is 0.263 e. The summed E-state index contributed by atoms with van der Waals surface area (Å²) in [5.74, 6) is 2.43. The Morgan fingerprint density at radius 2 is 2.33 bits per heavy atom. The number of aromatic nitrogens is 1. The Morgan fingerprint density at radius 1 is 1.67 bits per heavy atom. The van der Waals surface area contributed by atoms with Crippen molar-refractivity contribution < 1.29 is 4.79 Å². The summed E-state index contributed by atoms with van der Waals surface area (Å²) in [6.07, 6.45) is 5.71. The molecule has 1 aromatic rings. The van der Waals surface area contributed by atoms with Gasteiger partial charge in [-0.25, -0.2) is 4.98 Å². The van der Waals surface area contributed by atoms with Crippen molar-refractivity contribution in [3.05, 3.63) is 15.6 Å². The average molecular weight is 222 g/mol. The van der Waals surface area contributed by atoms with Gasteiger partial charge in [0.15, 0.2) is 0 Å². The number of amides is 1. The molecule has 1 aromatic heterocycles. The van der Waals surface area contributed by atoms with E-state index in [0.717, 1.165) is 10.7 Å². The average Bonchev–Trinajstić information content (AvgIpc) is 2.45. The van der Waals surface area contributed by atoms with Crippen molar-refractivity contribution in [2.75, 3.05) is 0 Å². The number of hydrogen-bond donors (Lipinski definition) is 1. The molecule has 1 heterocycles. The second-order valence-electron chi connectivity index (χ2n) is 3.43. The number of aryl methyl sites for hydroxylation is 2. The van der Waals surface area contributed by atoms with Crippen LogP contribution in [0.3, 0.4) is 0 Å². The van der Waals surface area contributed by atoms with E-state index in [1.165, 1.54) is 11.3 Å². The molecular weight excluding hydrogens is 208 g/mol. The van der Waals surface area contributed by atoms with E-state index in [0.29, 0.717) is 11.3 Å². The summed E-state index contributed by atoms with van der Waals surface area (Å²) >= 11 is 1.41. The van der Waals surface area contributed by atoms with Gasteiger partial charge in [0.05, 0.1) is 10.7 Å². The summed E-state index contributed by atoms with van der Waals surface area (Å²) in [5.41, 5.74) is 0.780. The van der Waals surface area contributed by atoms with E-state index in [2.05, 4.69) is 16.2 Å². The number of terminal acetylenes is 1. The molecule has 4 heteroatoms. The van der Waals surface area contributed by atoms with E-state index < -0.39 is 0 Å². The molecule has 3 nitrogen and oxygen atoms in total. The zero-order valence-corrected chi connectivity index (χ0v) is 9.94. The number of nitrogens with one attached hydrogen (secondary N) is 1. The number of thiazole rings is 1. The van der Waals surface area contributed by atoms with Gasteiger partial charge in [0.25, 0.3) is 5.91 Å². The van der Waals surface area contributed by atoms with E-state index in [1.807, 2.05) is 20.8 Å². The molecule has 0 aliphatic rings. The molecule has 0 fully saturated rings. The predicted molar refractivity (Wildman–Crippen MR) is 62.0 cm³/mol. The number of rotatable bonds is 3. The zero-order chi connectivity index (χ0) is 11.4. The second-order valence-corrected chi connectivity index (χ2v) is 4.63. The molecule has 0 bridgehead atoms. The van der Waals surface area contributed by atoms with Gasteiger partial charge >= 0.3 is 0 Å². The fraction of sp³-hybridized carbons (Fsp3) is 0.455. The van der Waals surface area contributed by atoms with Crippen LogP contribution < -0.4 is 5.32 Å². The van der Waals surface area contributed by atoms with Crippen molar-refractivity contribution in [1.29, 1.82) is 0 Å². The number of hydrogen-bond acceptors (Lipinski definition) is 3. The summed E-state index contributed by atoms with van der Waals surface area (Å²) in [4.78, 5) is 16.6. The molecule has 80 valence electrons. The van der Waals surface area contributed by atoms with Crippen LogP contribution in [0, 0.1) is 26.2 Å². The van der Waals surface area contributed by atoms with Crippen molar-refractivity contribution in [2.45, 2.75) is 33.2 Å². The highest BCUT2D eigenvalue weighted by Gasteiger charge is 2.15. The first kappa shape index (κ1) is 11.7. The highest BCUT2D eigenvalue weighted by Crippen LogP contribution is 2.16. The molecule has 0 saturated carbocycles. The van der Waals surface area contributed by atoms with Gasteiger partial charge in [0, 0.05) is 12.5 Å². The lowest BCUT2D eigenvalue weighted by molar-refractivity contribution is 0.0944. The molecule has 1 atom stereocenters. The van der Waals surface area contributed by atoms with E-state index in [1.54, 1.807) is 0 Å². The van der Waals surface area contributed by atoms with Crippen LogP contribution in [0.4, 0.5) is 0 Å². The van der Waals surface area contributed by atoms with Gasteiger partial charge in [-0.1, -0.05) is 0 Å². The zero-order valence-electron chi connectivity index (χ0n) is 9.13. The smallest absolute Gasteiger partial charge is 0.263 e. The van der Waals surface area contributed by atoms with Crippen LogP contribution >= 0.6 is 11.3 Å². The van der Waals surface area contributed by atoms with Crippen LogP contribution in [0.2, 0.25) is 0 Å². The molecule has 0 aliphatic carbocycles. The van der Waals surface area contributed by atoms with Gasteiger partial charge in [0.2, 0.25) is 0 Å². The van der Waals surface area contributed by atoms with Crippen molar-refractivity contribution in [3.8, 4) is 12.3 Å². The first-order valence-corrected chi connectivity index (χ1v) is 5.54. The summed E-state index contributed by atoms with van der Waals surface area (Å²) in [5, 5.41) is 3.75. The lowest BCUT2D eigenvalue weighted by atomic mass is 10.2. The first-order chi connectivity index (χ1) is 7.04. The minimum atomic E-state index is -0.0825. The molecular formula is C11H14N2OS. The number of carbonyl (C=O) groups is 1. The van der Waals surface area contributed by atoms with Crippen LogP contribution in [0.15, 0.2) is 0 Å². The number of nitrogens with zero attached hydrogens (tertiary/aromatic N) is 1. The van der Waals surface area contributed by atoms with Gasteiger partial charge in [-0.2, -0.15) is 0 Å². The summed E-state index contributed by atoms with van der Waals surface area (Å²) in [7, 11) is 0. The van der Waals surface area contributed by atoms with Crippen LogP contribution in [0.5, 0.6) is 0 Å². The van der Waals surface area contributed by atoms with Gasteiger partial charge in [-0.3, -0.25) is 4.79 Å². The Labute approximate surface area is 93.9 Å². The van der Waals surface area contributed by atoms with Crippen molar-refractivity contribution >= 4 is 17.2 Å². The molecule has 0 aliphatic heterocycles. The molecule has 1 rings (SSSR count). The maximum absolute atomic E-state index is 11.8. The topological polar surface area (TPSA) is 42.0 Å². The van der Waals surface area contributed by atoms with Crippen molar-refractivity contribution in [2.24, 2.45) is 0 Å². The molecule has 0 spiro atoms. The minimum absolute atomic E-state index is 0.00399. The SMILES string of the molecule is C#CCC(C)NC(=O)c1sc(C)nc1C. The fourth-order valence-corrected chi connectivity index (χ4v) is 2.08. The Balaban J connectivity index is 2.70. The molecule has 1 amide bonds. The maximum atomic E-state index is 11.8. The Bertz CT molecular complexity index is 403.